The van der Waals surface area contributed by atoms with Crippen molar-refractivity contribution < 1.29 is 9.72 Å². The van der Waals surface area contributed by atoms with Crippen LogP contribution in [0.1, 0.15) is 36.2 Å². The molecular formula is C14H22N4O3. The van der Waals surface area contributed by atoms with E-state index >= 15 is 0 Å². The number of amides is 1. The molecule has 7 heteroatoms. The Hall–Kier alpha value is -1.89. The second kappa shape index (κ2) is 6.26. The lowest BCUT2D eigenvalue weighted by Crippen LogP contribution is -2.43. The Balaban J connectivity index is 2.08. The van der Waals surface area contributed by atoms with E-state index < -0.39 is 4.92 Å². The second-order valence-electron chi connectivity index (χ2n) is 5.60. The Bertz CT molecular complexity index is 532. The number of hydrogen-bond acceptors (Lipinski definition) is 4. The first-order valence-corrected chi connectivity index (χ1v) is 7.20. The summed E-state index contributed by atoms with van der Waals surface area (Å²) >= 11 is 0. The maximum Gasteiger partial charge on any atom is 0.323 e. The fraction of sp³-hybridized carbons (Fsp3) is 0.643. The minimum atomic E-state index is -0.477. The zero-order valence-electron chi connectivity index (χ0n) is 12.7. The Labute approximate surface area is 124 Å². The van der Waals surface area contributed by atoms with Gasteiger partial charge in [-0.25, -0.2) is 4.57 Å². The predicted molar refractivity (Wildman–Crippen MR) is 79.3 cm³/mol. The first kappa shape index (κ1) is 15.5. The standard InChI is InChI=1S/C14H22N4O3/c1-15-10-4-6-11(7-5-10)16(2)14(19)12-8-9-13(17(12)3)18(20)21/h8-11,15H,4-7H2,1-3H3. The average Bonchev–Trinajstić information content (AvgIpc) is 2.87. The number of carbonyl (C=O) groups is 1. The van der Waals surface area contributed by atoms with Gasteiger partial charge >= 0.3 is 5.82 Å². The van der Waals surface area contributed by atoms with Gasteiger partial charge in [0.25, 0.3) is 5.91 Å². The molecule has 0 aromatic carbocycles. The van der Waals surface area contributed by atoms with Crippen LogP contribution in [0.3, 0.4) is 0 Å². The van der Waals surface area contributed by atoms with Crippen molar-refractivity contribution in [3.8, 4) is 0 Å². The molecule has 0 spiro atoms. The number of nitro groups is 1. The van der Waals surface area contributed by atoms with Gasteiger partial charge in [0, 0.05) is 25.2 Å². The Morgan fingerprint density at radius 3 is 2.48 bits per heavy atom. The average molecular weight is 294 g/mol. The second-order valence-corrected chi connectivity index (χ2v) is 5.60. The zero-order chi connectivity index (χ0) is 15.6. The molecule has 116 valence electrons. The van der Waals surface area contributed by atoms with Gasteiger partial charge in [0.1, 0.15) is 0 Å². The molecule has 1 aromatic rings. The highest BCUT2D eigenvalue weighted by molar-refractivity contribution is 5.93. The molecule has 1 aliphatic rings. The van der Waals surface area contributed by atoms with Crippen LogP contribution in [-0.2, 0) is 7.05 Å². The summed E-state index contributed by atoms with van der Waals surface area (Å²) < 4.78 is 1.35. The Morgan fingerprint density at radius 2 is 2.00 bits per heavy atom. The van der Waals surface area contributed by atoms with Crippen molar-refractivity contribution in [2.45, 2.75) is 37.8 Å². The van der Waals surface area contributed by atoms with E-state index in [1.165, 1.54) is 16.7 Å². The Morgan fingerprint density at radius 1 is 1.38 bits per heavy atom. The van der Waals surface area contributed by atoms with E-state index in [1.807, 2.05) is 7.05 Å². The van der Waals surface area contributed by atoms with Gasteiger partial charge in [0.05, 0.1) is 7.05 Å². The van der Waals surface area contributed by atoms with Gasteiger partial charge in [-0.2, -0.15) is 0 Å². The topological polar surface area (TPSA) is 80.4 Å². The number of nitrogens with one attached hydrogen (secondary N) is 1. The van der Waals surface area contributed by atoms with Crippen molar-refractivity contribution in [1.82, 2.24) is 14.8 Å². The number of rotatable bonds is 4. The van der Waals surface area contributed by atoms with E-state index in [9.17, 15) is 14.9 Å². The van der Waals surface area contributed by atoms with E-state index in [4.69, 9.17) is 0 Å². The first-order valence-electron chi connectivity index (χ1n) is 7.20. The summed E-state index contributed by atoms with van der Waals surface area (Å²) in [5.41, 5.74) is 0.361. The van der Waals surface area contributed by atoms with Gasteiger partial charge in [-0.1, -0.05) is 0 Å². The van der Waals surface area contributed by atoms with Gasteiger partial charge in [0.2, 0.25) is 0 Å². The molecule has 1 aromatic heterocycles. The molecule has 1 heterocycles. The maximum absolute atomic E-state index is 12.5. The molecule has 0 unspecified atom stereocenters. The van der Waals surface area contributed by atoms with E-state index in [0.717, 1.165) is 25.7 Å². The molecule has 0 atom stereocenters. The highest BCUT2D eigenvalue weighted by Crippen LogP contribution is 2.24. The highest BCUT2D eigenvalue weighted by atomic mass is 16.6. The molecule has 0 bridgehead atoms. The van der Waals surface area contributed by atoms with Crippen LogP contribution in [0.2, 0.25) is 0 Å². The van der Waals surface area contributed by atoms with Crippen LogP contribution in [0.5, 0.6) is 0 Å². The lowest BCUT2D eigenvalue weighted by molar-refractivity contribution is -0.391. The monoisotopic (exact) mass is 294 g/mol. The molecule has 1 fully saturated rings. The van der Waals surface area contributed by atoms with E-state index in [-0.39, 0.29) is 17.8 Å². The SMILES string of the molecule is CNC1CCC(N(C)C(=O)c2ccc([N+](=O)[O-])n2C)CC1. The van der Waals surface area contributed by atoms with Crippen molar-refractivity contribution in [1.29, 1.82) is 0 Å². The third-order valence-electron chi connectivity index (χ3n) is 4.47. The molecule has 1 amide bonds. The fourth-order valence-electron chi connectivity index (χ4n) is 3.00. The lowest BCUT2D eigenvalue weighted by atomic mass is 9.90. The number of hydrogen-bond donors (Lipinski definition) is 1. The Kier molecular flexibility index (Phi) is 4.62. The van der Waals surface area contributed by atoms with Crippen molar-refractivity contribution in [3.63, 3.8) is 0 Å². The molecule has 0 saturated heterocycles. The number of aromatic nitrogens is 1. The van der Waals surface area contributed by atoms with Gasteiger partial charge < -0.3 is 20.3 Å². The van der Waals surface area contributed by atoms with Crippen LogP contribution >= 0.6 is 0 Å². The molecule has 1 aliphatic carbocycles. The van der Waals surface area contributed by atoms with E-state index in [1.54, 1.807) is 19.0 Å². The van der Waals surface area contributed by atoms with Gasteiger partial charge in [-0.15, -0.1) is 0 Å². The van der Waals surface area contributed by atoms with Gasteiger partial charge in [-0.05, 0) is 43.7 Å². The first-order chi connectivity index (χ1) is 9.95. The van der Waals surface area contributed by atoms with Crippen molar-refractivity contribution >= 4 is 11.7 Å². The summed E-state index contributed by atoms with van der Waals surface area (Å²) in [7, 11) is 5.30. The maximum atomic E-state index is 12.5. The molecular weight excluding hydrogens is 272 g/mol. The van der Waals surface area contributed by atoms with Crippen LogP contribution < -0.4 is 5.32 Å². The molecule has 1 saturated carbocycles. The fourth-order valence-corrected chi connectivity index (χ4v) is 3.00. The predicted octanol–water partition coefficient (Wildman–Crippen LogP) is 1.54. The van der Waals surface area contributed by atoms with Crippen LogP contribution in [0.4, 0.5) is 5.82 Å². The van der Waals surface area contributed by atoms with E-state index in [0.29, 0.717) is 11.7 Å². The third kappa shape index (κ3) is 3.07. The lowest BCUT2D eigenvalue weighted by Gasteiger charge is -2.34. The minimum Gasteiger partial charge on any atom is -0.358 e. The van der Waals surface area contributed by atoms with Crippen LogP contribution in [0.15, 0.2) is 12.1 Å². The summed E-state index contributed by atoms with van der Waals surface area (Å²) in [6.45, 7) is 0. The smallest absolute Gasteiger partial charge is 0.323 e. The third-order valence-corrected chi connectivity index (χ3v) is 4.47. The highest BCUT2D eigenvalue weighted by Gasteiger charge is 2.30. The molecule has 7 nitrogen and oxygen atoms in total. The van der Waals surface area contributed by atoms with Crippen molar-refractivity contribution in [3.05, 3.63) is 27.9 Å². The summed E-state index contributed by atoms with van der Waals surface area (Å²) in [6, 6.07) is 3.63. The van der Waals surface area contributed by atoms with Crippen LogP contribution in [0, 0.1) is 10.1 Å². The summed E-state index contributed by atoms with van der Waals surface area (Å²) in [5.74, 6) is -0.218. The normalized spacial score (nSPS) is 22.0. The zero-order valence-corrected chi connectivity index (χ0v) is 12.7. The van der Waals surface area contributed by atoms with Crippen LogP contribution in [-0.4, -0.2) is 46.5 Å². The van der Waals surface area contributed by atoms with Crippen molar-refractivity contribution in [2.24, 2.45) is 7.05 Å². The summed E-state index contributed by atoms with van der Waals surface area (Å²) in [5, 5.41) is 14.1. The largest absolute Gasteiger partial charge is 0.358 e. The molecule has 2 rings (SSSR count). The summed E-state index contributed by atoms with van der Waals surface area (Å²) in [6.07, 6.45) is 4.01. The van der Waals surface area contributed by atoms with Gasteiger partial charge in [-0.3, -0.25) is 4.79 Å². The molecule has 21 heavy (non-hydrogen) atoms. The number of carbonyl (C=O) groups excluding carboxylic acids is 1. The van der Waals surface area contributed by atoms with Crippen LogP contribution in [0.25, 0.3) is 0 Å². The molecule has 0 aliphatic heterocycles. The number of nitrogens with zero attached hydrogens (tertiary/aromatic N) is 3. The minimum absolute atomic E-state index is 0.0642. The quantitative estimate of drug-likeness (QED) is 0.674. The summed E-state index contributed by atoms with van der Waals surface area (Å²) in [4.78, 5) is 24.6. The molecule has 1 N–H and O–H groups in total. The molecule has 0 radical (unpaired) electrons. The van der Waals surface area contributed by atoms with E-state index in [2.05, 4.69) is 5.32 Å². The van der Waals surface area contributed by atoms with Crippen molar-refractivity contribution in [2.75, 3.05) is 14.1 Å². The van der Waals surface area contributed by atoms with Gasteiger partial charge in [0.15, 0.2) is 5.69 Å².